The Balaban J connectivity index is 1.37. The topological polar surface area (TPSA) is 83.4 Å². The maximum Gasteiger partial charge on any atom is 0.256 e. The highest BCUT2D eigenvalue weighted by Gasteiger charge is 2.38. The standard InChI is InChI=1S/C23H20N4O3/c28-21(15-5-8-17(9-6-15)26-11-1-2-12-26)24-16-7-10-19-18(14-16)23(30)27-13-3-4-20(27)22(29)25-19/h1-2,5-12,14,20H,3-4,13H2,(H,24,28)(H,25,29). The molecule has 7 nitrogen and oxygen atoms in total. The Morgan fingerprint density at radius 3 is 2.57 bits per heavy atom. The molecule has 1 fully saturated rings. The van der Waals surface area contributed by atoms with Crippen molar-refractivity contribution >= 4 is 29.1 Å². The first-order valence-electron chi connectivity index (χ1n) is 9.91. The number of hydrogen-bond donors (Lipinski definition) is 2. The number of nitrogens with zero attached hydrogens (tertiary/aromatic N) is 2. The second kappa shape index (κ2) is 7.18. The van der Waals surface area contributed by atoms with Gasteiger partial charge < -0.3 is 20.1 Å². The van der Waals surface area contributed by atoms with Crippen molar-refractivity contribution in [2.75, 3.05) is 17.2 Å². The molecule has 1 unspecified atom stereocenters. The summed E-state index contributed by atoms with van der Waals surface area (Å²) in [7, 11) is 0. The fourth-order valence-corrected chi connectivity index (χ4v) is 4.06. The van der Waals surface area contributed by atoms with Crippen LogP contribution in [0.5, 0.6) is 0 Å². The number of benzene rings is 2. The number of carbonyl (C=O) groups excluding carboxylic acids is 3. The van der Waals surface area contributed by atoms with Crippen LogP contribution in [0.1, 0.15) is 33.6 Å². The van der Waals surface area contributed by atoms with Gasteiger partial charge in [-0.15, -0.1) is 0 Å². The predicted octanol–water partition coefficient (Wildman–Crippen LogP) is 3.29. The van der Waals surface area contributed by atoms with Crippen LogP contribution >= 0.6 is 0 Å². The van der Waals surface area contributed by atoms with Crippen LogP contribution in [0.25, 0.3) is 5.69 Å². The maximum absolute atomic E-state index is 12.9. The molecule has 150 valence electrons. The molecule has 0 bridgehead atoms. The molecular formula is C23H20N4O3. The monoisotopic (exact) mass is 400 g/mol. The molecule has 30 heavy (non-hydrogen) atoms. The first kappa shape index (κ1) is 18.2. The number of rotatable bonds is 3. The quantitative estimate of drug-likeness (QED) is 0.708. The van der Waals surface area contributed by atoms with Gasteiger partial charge in [-0.25, -0.2) is 0 Å². The SMILES string of the molecule is O=C(Nc1ccc2c(c1)C(=O)N1CCCC1C(=O)N2)c1ccc(-n2cccc2)cc1. The molecule has 5 rings (SSSR count). The summed E-state index contributed by atoms with van der Waals surface area (Å²) in [4.78, 5) is 39.6. The van der Waals surface area contributed by atoms with Crippen molar-refractivity contribution < 1.29 is 14.4 Å². The molecule has 2 aliphatic heterocycles. The van der Waals surface area contributed by atoms with Crippen LogP contribution in [0, 0.1) is 0 Å². The smallest absolute Gasteiger partial charge is 0.256 e. The molecule has 3 heterocycles. The molecule has 2 aromatic carbocycles. The van der Waals surface area contributed by atoms with Crippen LogP contribution in [0.15, 0.2) is 67.0 Å². The number of aromatic nitrogens is 1. The van der Waals surface area contributed by atoms with Gasteiger partial charge in [0.25, 0.3) is 11.8 Å². The minimum absolute atomic E-state index is 0.154. The second-order valence-corrected chi connectivity index (χ2v) is 7.50. The molecule has 2 N–H and O–H groups in total. The highest BCUT2D eigenvalue weighted by atomic mass is 16.2. The molecule has 7 heteroatoms. The van der Waals surface area contributed by atoms with E-state index in [9.17, 15) is 14.4 Å². The lowest BCUT2D eigenvalue weighted by molar-refractivity contribution is -0.119. The van der Waals surface area contributed by atoms with E-state index in [4.69, 9.17) is 0 Å². The summed E-state index contributed by atoms with van der Waals surface area (Å²) < 4.78 is 1.96. The van der Waals surface area contributed by atoms with Gasteiger partial charge in [0.1, 0.15) is 6.04 Å². The van der Waals surface area contributed by atoms with Crippen molar-refractivity contribution in [2.24, 2.45) is 0 Å². The maximum atomic E-state index is 12.9. The van der Waals surface area contributed by atoms with Crippen LogP contribution in [-0.2, 0) is 4.79 Å². The molecule has 1 saturated heterocycles. The van der Waals surface area contributed by atoms with Crippen molar-refractivity contribution in [3.8, 4) is 5.69 Å². The summed E-state index contributed by atoms with van der Waals surface area (Å²) in [5, 5.41) is 5.68. The lowest BCUT2D eigenvalue weighted by atomic mass is 10.1. The summed E-state index contributed by atoms with van der Waals surface area (Å²) in [5.41, 5.74) is 2.86. The van der Waals surface area contributed by atoms with Gasteiger partial charge in [0.15, 0.2) is 0 Å². The highest BCUT2D eigenvalue weighted by molar-refractivity contribution is 6.11. The average Bonchev–Trinajstić information content (AvgIpc) is 3.45. The van der Waals surface area contributed by atoms with Gasteiger partial charge in [0.2, 0.25) is 5.91 Å². The first-order valence-corrected chi connectivity index (χ1v) is 9.91. The van der Waals surface area contributed by atoms with Crippen molar-refractivity contribution in [3.05, 3.63) is 78.1 Å². The Labute approximate surface area is 173 Å². The third kappa shape index (κ3) is 3.14. The van der Waals surface area contributed by atoms with E-state index in [1.807, 2.05) is 41.2 Å². The second-order valence-electron chi connectivity index (χ2n) is 7.50. The average molecular weight is 400 g/mol. The van der Waals surface area contributed by atoms with E-state index in [0.717, 1.165) is 12.1 Å². The molecule has 0 radical (unpaired) electrons. The van der Waals surface area contributed by atoms with Gasteiger partial charge in [-0.1, -0.05) is 0 Å². The molecule has 2 aliphatic rings. The van der Waals surface area contributed by atoms with Gasteiger partial charge >= 0.3 is 0 Å². The lowest BCUT2D eigenvalue weighted by Gasteiger charge is -2.20. The molecule has 0 spiro atoms. The number of hydrogen-bond acceptors (Lipinski definition) is 3. The third-order valence-corrected chi connectivity index (χ3v) is 5.61. The highest BCUT2D eigenvalue weighted by Crippen LogP contribution is 2.30. The van der Waals surface area contributed by atoms with E-state index in [2.05, 4.69) is 10.6 Å². The normalized spacial score (nSPS) is 17.7. The van der Waals surface area contributed by atoms with Gasteiger partial charge in [-0.3, -0.25) is 14.4 Å². The number of anilines is 2. The van der Waals surface area contributed by atoms with E-state index in [-0.39, 0.29) is 17.7 Å². The third-order valence-electron chi connectivity index (χ3n) is 5.61. The molecule has 0 saturated carbocycles. The lowest BCUT2D eigenvalue weighted by Crippen LogP contribution is -2.40. The summed E-state index contributed by atoms with van der Waals surface area (Å²) in [6, 6.07) is 15.7. The predicted molar refractivity (Wildman–Crippen MR) is 113 cm³/mol. The van der Waals surface area contributed by atoms with Gasteiger partial charge in [0, 0.05) is 35.9 Å². The molecule has 3 amide bonds. The Bertz CT molecular complexity index is 1140. The summed E-state index contributed by atoms with van der Waals surface area (Å²) in [6.45, 7) is 0.570. The summed E-state index contributed by atoms with van der Waals surface area (Å²) >= 11 is 0. The van der Waals surface area contributed by atoms with E-state index >= 15 is 0 Å². The molecular weight excluding hydrogens is 380 g/mol. The van der Waals surface area contributed by atoms with Gasteiger partial charge in [-0.05, 0) is 67.4 Å². The zero-order chi connectivity index (χ0) is 20.7. The minimum atomic E-state index is -0.415. The van der Waals surface area contributed by atoms with Crippen molar-refractivity contribution in [1.29, 1.82) is 0 Å². The van der Waals surface area contributed by atoms with Gasteiger partial charge in [0.05, 0.1) is 11.3 Å². The van der Waals surface area contributed by atoms with Crippen molar-refractivity contribution in [1.82, 2.24) is 9.47 Å². The van der Waals surface area contributed by atoms with Crippen molar-refractivity contribution in [3.63, 3.8) is 0 Å². The van der Waals surface area contributed by atoms with E-state index in [0.29, 0.717) is 35.5 Å². The molecule has 1 atom stereocenters. The minimum Gasteiger partial charge on any atom is -0.327 e. The van der Waals surface area contributed by atoms with Crippen LogP contribution in [0.2, 0.25) is 0 Å². The number of amides is 3. The Hall–Kier alpha value is -3.87. The van der Waals surface area contributed by atoms with E-state index < -0.39 is 6.04 Å². The fourth-order valence-electron chi connectivity index (χ4n) is 4.06. The largest absolute Gasteiger partial charge is 0.327 e. The van der Waals surface area contributed by atoms with E-state index in [1.54, 1.807) is 35.2 Å². The molecule has 0 aliphatic carbocycles. The first-order chi connectivity index (χ1) is 14.6. The summed E-state index contributed by atoms with van der Waals surface area (Å²) in [5.74, 6) is -0.602. The zero-order valence-corrected chi connectivity index (χ0v) is 16.2. The van der Waals surface area contributed by atoms with Crippen LogP contribution in [0.3, 0.4) is 0 Å². The number of fused-ring (bicyclic) bond motifs is 2. The fraction of sp³-hybridized carbons (Fsp3) is 0.174. The van der Waals surface area contributed by atoms with Gasteiger partial charge in [-0.2, -0.15) is 0 Å². The Kier molecular flexibility index (Phi) is 4.35. The summed E-state index contributed by atoms with van der Waals surface area (Å²) in [6.07, 6.45) is 5.36. The Morgan fingerprint density at radius 1 is 1.03 bits per heavy atom. The zero-order valence-electron chi connectivity index (χ0n) is 16.2. The number of carbonyl (C=O) groups is 3. The van der Waals surface area contributed by atoms with Crippen LogP contribution in [0.4, 0.5) is 11.4 Å². The molecule has 1 aromatic heterocycles. The van der Waals surface area contributed by atoms with E-state index in [1.165, 1.54) is 0 Å². The number of nitrogens with one attached hydrogen (secondary N) is 2. The molecule has 3 aromatic rings. The van der Waals surface area contributed by atoms with Crippen molar-refractivity contribution in [2.45, 2.75) is 18.9 Å². The van der Waals surface area contributed by atoms with Crippen LogP contribution < -0.4 is 10.6 Å². The van der Waals surface area contributed by atoms with Crippen LogP contribution in [-0.4, -0.2) is 39.8 Å². The Morgan fingerprint density at radius 2 is 1.80 bits per heavy atom.